The number of amides is 2. The minimum Gasteiger partial charge on any atom is -0.399 e. The predicted molar refractivity (Wildman–Crippen MR) is 108 cm³/mol. The van der Waals surface area contributed by atoms with Crippen LogP contribution >= 0.6 is 0 Å². The number of carbonyl (C=O) groups is 2. The number of aromatic nitrogens is 2. The number of carbonyl (C=O) groups excluding carboxylic acids is 2. The Hall–Kier alpha value is -2.46. The molecule has 0 bridgehead atoms. The molecule has 2 amide bonds. The molecular weight excluding hydrogens is 378 g/mol. The number of aryl methyl sites for hydroxylation is 1. The van der Waals surface area contributed by atoms with Crippen molar-refractivity contribution in [3.63, 3.8) is 0 Å². The van der Waals surface area contributed by atoms with Crippen molar-refractivity contribution in [3.8, 4) is 0 Å². The van der Waals surface area contributed by atoms with Gasteiger partial charge >= 0.3 is 7.12 Å². The molecule has 0 saturated carbocycles. The Morgan fingerprint density at radius 3 is 2.48 bits per heavy atom. The minimum atomic E-state index is -0.849. The zero-order valence-corrected chi connectivity index (χ0v) is 17.6. The van der Waals surface area contributed by atoms with Crippen molar-refractivity contribution >= 4 is 41.6 Å². The van der Waals surface area contributed by atoms with Gasteiger partial charge in [-0.15, -0.1) is 0 Å². The van der Waals surface area contributed by atoms with Crippen molar-refractivity contribution in [3.05, 3.63) is 17.9 Å². The molecule has 1 aromatic heterocycles. The van der Waals surface area contributed by atoms with E-state index < -0.39 is 24.1 Å². The van der Waals surface area contributed by atoms with Gasteiger partial charge in [0.2, 0.25) is 12.3 Å². The highest BCUT2D eigenvalue weighted by atomic mass is 19.1. The first kappa shape index (κ1) is 21.3. The molecule has 0 aliphatic carbocycles. The third-order valence-electron chi connectivity index (χ3n) is 5.71. The maximum Gasteiger partial charge on any atom is 0.497 e. The molecule has 1 aromatic carbocycles. The van der Waals surface area contributed by atoms with E-state index >= 15 is 4.39 Å². The number of anilines is 1. The van der Waals surface area contributed by atoms with E-state index in [0.717, 1.165) is 0 Å². The molecule has 156 valence electrons. The van der Waals surface area contributed by atoms with Gasteiger partial charge in [0.05, 0.1) is 16.7 Å². The van der Waals surface area contributed by atoms with Crippen LogP contribution in [0.3, 0.4) is 0 Å². The lowest BCUT2D eigenvalue weighted by molar-refractivity contribution is -0.120. The van der Waals surface area contributed by atoms with Gasteiger partial charge < -0.3 is 14.6 Å². The van der Waals surface area contributed by atoms with Gasteiger partial charge in [-0.25, -0.2) is 4.39 Å². The van der Waals surface area contributed by atoms with Crippen molar-refractivity contribution in [1.82, 2.24) is 15.1 Å². The third kappa shape index (κ3) is 3.74. The van der Waals surface area contributed by atoms with Gasteiger partial charge in [0, 0.05) is 37.9 Å². The summed E-state index contributed by atoms with van der Waals surface area (Å²) >= 11 is 0. The van der Waals surface area contributed by atoms with Gasteiger partial charge in [-0.2, -0.15) is 5.10 Å². The molecule has 0 spiro atoms. The summed E-state index contributed by atoms with van der Waals surface area (Å²) in [7, 11) is 2.38. The summed E-state index contributed by atoms with van der Waals surface area (Å²) in [6, 6.07) is 2.96. The summed E-state index contributed by atoms with van der Waals surface area (Å²) in [6.45, 7) is 7.75. The Morgan fingerprint density at radius 2 is 1.93 bits per heavy atom. The number of fused-ring (bicyclic) bond motifs is 1. The van der Waals surface area contributed by atoms with Gasteiger partial charge in [-0.1, -0.05) is 0 Å². The van der Waals surface area contributed by atoms with Gasteiger partial charge in [-0.3, -0.25) is 19.2 Å². The van der Waals surface area contributed by atoms with Crippen LogP contribution in [0.2, 0.25) is 0 Å². The number of hydrogen-bond donors (Lipinski definition) is 1. The summed E-state index contributed by atoms with van der Waals surface area (Å²) < 4.78 is 28.5. The first-order chi connectivity index (χ1) is 13.5. The topological polar surface area (TPSA) is 85.7 Å². The van der Waals surface area contributed by atoms with E-state index in [-0.39, 0.29) is 24.3 Å². The quantitative estimate of drug-likeness (QED) is 0.576. The molecule has 1 saturated heterocycles. The molecule has 0 radical (unpaired) electrons. The monoisotopic (exact) mass is 404 g/mol. The number of rotatable bonds is 6. The minimum absolute atomic E-state index is 0.113. The highest BCUT2D eigenvalue weighted by Gasteiger charge is 2.52. The SMILES string of the molecule is CNC(=O)CCN(C=O)c1nn(C)c2cc(B3OC(C)(C)C(C)(C)O3)c(F)cc12. The van der Waals surface area contributed by atoms with Crippen molar-refractivity contribution in [2.45, 2.75) is 45.3 Å². The molecule has 1 aliphatic rings. The number of nitrogens with zero attached hydrogens (tertiary/aromatic N) is 3. The van der Waals surface area contributed by atoms with Crippen molar-refractivity contribution in [2.24, 2.45) is 7.05 Å². The number of hydrogen-bond acceptors (Lipinski definition) is 5. The number of halogens is 1. The number of nitrogens with one attached hydrogen (secondary N) is 1. The van der Waals surface area contributed by atoms with Crippen LogP contribution in [0.1, 0.15) is 34.1 Å². The lowest BCUT2D eigenvalue weighted by Gasteiger charge is -2.32. The second-order valence-corrected chi connectivity index (χ2v) is 8.15. The fourth-order valence-corrected chi connectivity index (χ4v) is 3.19. The Balaban J connectivity index is 1.99. The first-order valence-electron chi connectivity index (χ1n) is 9.45. The summed E-state index contributed by atoms with van der Waals surface area (Å²) in [4.78, 5) is 24.4. The molecule has 29 heavy (non-hydrogen) atoms. The second kappa shape index (κ2) is 7.42. The molecule has 1 aliphatic heterocycles. The lowest BCUT2D eigenvalue weighted by Crippen LogP contribution is -2.41. The Labute approximate surface area is 169 Å². The Kier molecular flexibility index (Phi) is 5.44. The van der Waals surface area contributed by atoms with Crippen molar-refractivity contribution in [1.29, 1.82) is 0 Å². The van der Waals surface area contributed by atoms with Crippen LogP contribution in [0.15, 0.2) is 12.1 Å². The molecule has 8 nitrogen and oxygen atoms in total. The normalized spacial score (nSPS) is 17.6. The average Bonchev–Trinajstić information content (AvgIpc) is 3.07. The smallest absolute Gasteiger partial charge is 0.399 e. The van der Waals surface area contributed by atoms with E-state index in [2.05, 4.69) is 10.4 Å². The maximum atomic E-state index is 15.0. The zero-order valence-electron chi connectivity index (χ0n) is 17.6. The van der Waals surface area contributed by atoms with E-state index in [1.165, 1.54) is 18.0 Å². The largest absolute Gasteiger partial charge is 0.497 e. The predicted octanol–water partition coefficient (Wildman–Crippen LogP) is 1.11. The highest BCUT2D eigenvalue weighted by molar-refractivity contribution is 6.62. The van der Waals surface area contributed by atoms with Crippen molar-refractivity contribution in [2.75, 3.05) is 18.5 Å². The van der Waals surface area contributed by atoms with Crippen LogP contribution in [0.4, 0.5) is 10.2 Å². The van der Waals surface area contributed by atoms with E-state index in [4.69, 9.17) is 9.31 Å². The van der Waals surface area contributed by atoms with E-state index in [9.17, 15) is 9.59 Å². The highest BCUT2D eigenvalue weighted by Crippen LogP contribution is 2.37. The lowest BCUT2D eigenvalue weighted by atomic mass is 9.78. The summed E-state index contributed by atoms with van der Waals surface area (Å²) in [5.41, 5.74) is -0.290. The van der Waals surface area contributed by atoms with Crippen LogP contribution in [0.25, 0.3) is 10.9 Å². The standard InChI is InChI=1S/C19H26BFN4O4/c1-18(2)19(3,4)29-20(28-18)13-10-15-12(9-14(13)21)17(23-24(15)6)25(11-26)8-7-16(27)22-5/h9-11H,7-8H2,1-6H3,(H,22,27). The molecule has 3 rings (SSSR count). The average molecular weight is 404 g/mol. The zero-order chi connectivity index (χ0) is 21.6. The second-order valence-electron chi connectivity index (χ2n) is 8.15. The van der Waals surface area contributed by atoms with Crippen molar-refractivity contribution < 1.29 is 23.3 Å². The summed E-state index contributed by atoms with van der Waals surface area (Å²) in [6.07, 6.45) is 0.701. The molecule has 2 aromatic rings. The number of benzene rings is 1. The van der Waals surface area contributed by atoms with Crippen LogP contribution in [-0.2, 0) is 25.9 Å². The fourth-order valence-electron chi connectivity index (χ4n) is 3.19. The van der Waals surface area contributed by atoms with E-state index in [0.29, 0.717) is 23.1 Å². The van der Waals surface area contributed by atoms with Crippen LogP contribution < -0.4 is 15.7 Å². The van der Waals surface area contributed by atoms with Gasteiger partial charge in [0.1, 0.15) is 5.82 Å². The Morgan fingerprint density at radius 1 is 1.31 bits per heavy atom. The molecule has 2 heterocycles. The third-order valence-corrected chi connectivity index (χ3v) is 5.71. The molecule has 10 heteroatoms. The first-order valence-corrected chi connectivity index (χ1v) is 9.45. The van der Waals surface area contributed by atoms with Gasteiger partial charge in [0.15, 0.2) is 5.82 Å². The molecular formula is C19H26BFN4O4. The molecule has 0 unspecified atom stereocenters. The van der Waals surface area contributed by atoms with E-state index in [1.54, 1.807) is 17.8 Å². The van der Waals surface area contributed by atoms with Crippen LogP contribution in [0, 0.1) is 5.82 Å². The molecule has 1 N–H and O–H groups in total. The maximum absolute atomic E-state index is 15.0. The van der Waals surface area contributed by atoms with Gasteiger partial charge in [0.25, 0.3) is 0 Å². The van der Waals surface area contributed by atoms with Crippen LogP contribution in [-0.4, -0.2) is 54.0 Å². The van der Waals surface area contributed by atoms with Gasteiger partial charge in [-0.05, 0) is 39.8 Å². The fraction of sp³-hybridized carbons (Fsp3) is 0.526. The molecule has 1 fully saturated rings. The Bertz CT molecular complexity index is 943. The van der Waals surface area contributed by atoms with Crippen LogP contribution in [0.5, 0.6) is 0 Å². The van der Waals surface area contributed by atoms with E-state index in [1.807, 2.05) is 27.7 Å². The summed E-state index contributed by atoms with van der Waals surface area (Å²) in [5.74, 6) is -0.422. The molecule has 0 atom stereocenters. The summed E-state index contributed by atoms with van der Waals surface area (Å²) in [5, 5.41) is 7.33.